The second-order valence-electron chi connectivity index (χ2n) is 6.35. The van der Waals surface area contributed by atoms with Gasteiger partial charge in [0.15, 0.2) is 0 Å². The molecule has 0 unspecified atom stereocenters. The van der Waals surface area contributed by atoms with E-state index in [1.54, 1.807) is 12.1 Å². The molecule has 1 aliphatic rings. The van der Waals surface area contributed by atoms with Crippen molar-refractivity contribution in [2.45, 2.75) is 37.8 Å². The third kappa shape index (κ3) is 3.82. The molecule has 2 atom stereocenters. The van der Waals surface area contributed by atoms with Gasteiger partial charge in [0, 0.05) is 19.0 Å². The van der Waals surface area contributed by atoms with E-state index in [9.17, 15) is 9.18 Å². The second-order valence-corrected chi connectivity index (χ2v) is 6.35. The smallest absolute Gasteiger partial charge is 0.223 e. The molecule has 2 aromatic rings. The van der Waals surface area contributed by atoms with Crippen molar-refractivity contribution >= 4 is 5.91 Å². The third-order valence-corrected chi connectivity index (χ3v) is 4.72. The van der Waals surface area contributed by atoms with E-state index < -0.39 is 0 Å². The molecule has 24 heavy (non-hydrogen) atoms. The summed E-state index contributed by atoms with van der Waals surface area (Å²) in [5.74, 6) is -0.114. The summed E-state index contributed by atoms with van der Waals surface area (Å²) in [6, 6.07) is 16.3. The molecule has 0 radical (unpaired) electrons. The van der Waals surface area contributed by atoms with Gasteiger partial charge < -0.3 is 10.6 Å². The molecule has 0 aromatic heterocycles. The van der Waals surface area contributed by atoms with Crippen molar-refractivity contribution in [3.63, 3.8) is 0 Å². The first kappa shape index (κ1) is 16.7. The highest BCUT2D eigenvalue weighted by Crippen LogP contribution is 2.33. The summed E-state index contributed by atoms with van der Waals surface area (Å²) in [6.45, 7) is 0.765. The summed E-state index contributed by atoms with van der Waals surface area (Å²) in [6.07, 6.45) is 2.99. The molecule has 4 heteroatoms. The first-order valence-electron chi connectivity index (χ1n) is 8.50. The van der Waals surface area contributed by atoms with Crippen molar-refractivity contribution in [2.75, 3.05) is 6.54 Å². The van der Waals surface area contributed by atoms with E-state index in [0.717, 1.165) is 30.5 Å². The van der Waals surface area contributed by atoms with Gasteiger partial charge in [-0.3, -0.25) is 4.79 Å². The summed E-state index contributed by atoms with van der Waals surface area (Å²) in [7, 11) is 0. The SMILES string of the molecule is N[C@@H](CCC(=O)N1CCC[C@H]1c1ccc(F)cc1)c1ccccc1. The number of benzene rings is 2. The molecule has 1 fully saturated rings. The van der Waals surface area contributed by atoms with Crippen molar-refractivity contribution in [3.05, 3.63) is 71.5 Å². The van der Waals surface area contributed by atoms with Crippen LogP contribution in [0.2, 0.25) is 0 Å². The van der Waals surface area contributed by atoms with Crippen molar-refractivity contribution in [3.8, 4) is 0 Å². The zero-order chi connectivity index (χ0) is 16.9. The van der Waals surface area contributed by atoms with Crippen LogP contribution in [0.3, 0.4) is 0 Å². The Morgan fingerprint density at radius 3 is 2.58 bits per heavy atom. The standard InChI is InChI=1S/C20H23FN2O/c21-17-10-8-16(9-11-17)19-7-4-14-23(19)20(24)13-12-18(22)15-5-2-1-3-6-15/h1-3,5-6,8-11,18-19H,4,7,12-14,22H2/t18-,19-/m0/s1. The minimum Gasteiger partial charge on any atom is -0.336 e. The molecule has 3 rings (SSSR count). The number of nitrogens with zero attached hydrogens (tertiary/aromatic N) is 1. The number of nitrogens with two attached hydrogens (primary N) is 1. The molecule has 1 amide bonds. The molecule has 2 N–H and O–H groups in total. The van der Waals surface area contributed by atoms with Crippen LogP contribution in [0.15, 0.2) is 54.6 Å². The van der Waals surface area contributed by atoms with Gasteiger partial charge in [0.25, 0.3) is 0 Å². The van der Waals surface area contributed by atoms with E-state index in [1.165, 1.54) is 12.1 Å². The number of hydrogen-bond donors (Lipinski definition) is 1. The maximum Gasteiger partial charge on any atom is 0.223 e. The van der Waals surface area contributed by atoms with Gasteiger partial charge in [-0.25, -0.2) is 4.39 Å². The molecular formula is C20H23FN2O. The van der Waals surface area contributed by atoms with E-state index in [0.29, 0.717) is 12.8 Å². The Bertz CT molecular complexity index is 672. The Labute approximate surface area is 142 Å². The van der Waals surface area contributed by atoms with Crippen molar-refractivity contribution in [2.24, 2.45) is 5.73 Å². The lowest BCUT2D eigenvalue weighted by atomic mass is 10.0. The van der Waals surface area contributed by atoms with Crippen LogP contribution in [0.5, 0.6) is 0 Å². The number of carbonyl (C=O) groups excluding carboxylic acids is 1. The summed E-state index contributed by atoms with van der Waals surface area (Å²) >= 11 is 0. The maximum absolute atomic E-state index is 13.1. The Balaban J connectivity index is 1.60. The molecule has 2 aromatic carbocycles. The molecule has 1 aliphatic heterocycles. The lowest BCUT2D eigenvalue weighted by Crippen LogP contribution is -2.31. The van der Waals surface area contributed by atoms with E-state index in [1.807, 2.05) is 35.2 Å². The third-order valence-electron chi connectivity index (χ3n) is 4.72. The monoisotopic (exact) mass is 326 g/mol. The molecule has 3 nitrogen and oxygen atoms in total. The average Bonchev–Trinajstić information content (AvgIpc) is 3.10. The fraction of sp³-hybridized carbons (Fsp3) is 0.350. The molecule has 0 aliphatic carbocycles. The number of halogens is 1. The lowest BCUT2D eigenvalue weighted by molar-refractivity contribution is -0.132. The van der Waals surface area contributed by atoms with Crippen LogP contribution in [0.4, 0.5) is 4.39 Å². The van der Waals surface area contributed by atoms with E-state index in [-0.39, 0.29) is 23.8 Å². The van der Waals surface area contributed by atoms with Crippen molar-refractivity contribution in [1.82, 2.24) is 4.90 Å². The lowest BCUT2D eigenvalue weighted by Gasteiger charge is -2.26. The normalized spacial score (nSPS) is 18.6. The Morgan fingerprint density at radius 1 is 1.17 bits per heavy atom. The van der Waals surface area contributed by atoms with Crippen LogP contribution in [-0.4, -0.2) is 17.4 Å². The van der Waals surface area contributed by atoms with Gasteiger partial charge >= 0.3 is 0 Å². The van der Waals surface area contributed by atoms with Crippen molar-refractivity contribution in [1.29, 1.82) is 0 Å². The van der Waals surface area contributed by atoms with Crippen LogP contribution in [-0.2, 0) is 4.79 Å². The van der Waals surface area contributed by atoms with Gasteiger partial charge in [-0.1, -0.05) is 42.5 Å². The number of rotatable bonds is 5. The summed E-state index contributed by atoms with van der Waals surface area (Å²) in [5, 5.41) is 0. The number of carbonyl (C=O) groups is 1. The summed E-state index contributed by atoms with van der Waals surface area (Å²) in [5.41, 5.74) is 8.26. The fourth-order valence-electron chi connectivity index (χ4n) is 3.39. The molecular weight excluding hydrogens is 303 g/mol. The second kappa shape index (κ2) is 7.58. The first-order valence-corrected chi connectivity index (χ1v) is 8.50. The van der Waals surface area contributed by atoms with E-state index in [4.69, 9.17) is 5.73 Å². The highest BCUT2D eigenvalue weighted by atomic mass is 19.1. The van der Waals surface area contributed by atoms with Gasteiger partial charge in [0.05, 0.1) is 6.04 Å². The highest BCUT2D eigenvalue weighted by Gasteiger charge is 2.29. The van der Waals surface area contributed by atoms with Crippen LogP contribution in [0.25, 0.3) is 0 Å². The Kier molecular flexibility index (Phi) is 5.26. The molecule has 0 bridgehead atoms. The van der Waals surface area contributed by atoms with Crippen LogP contribution < -0.4 is 5.73 Å². The number of amides is 1. The van der Waals surface area contributed by atoms with E-state index in [2.05, 4.69) is 0 Å². The molecule has 0 spiro atoms. The molecule has 0 saturated carbocycles. The minimum atomic E-state index is -0.247. The topological polar surface area (TPSA) is 46.3 Å². The summed E-state index contributed by atoms with van der Waals surface area (Å²) < 4.78 is 13.1. The quantitative estimate of drug-likeness (QED) is 0.903. The first-order chi connectivity index (χ1) is 11.6. The van der Waals surface area contributed by atoms with E-state index >= 15 is 0 Å². The van der Waals surface area contributed by atoms with Gasteiger partial charge in [0.2, 0.25) is 5.91 Å². The average molecular weight is 326 g/mol. The van der Waals surface area contributed by atoms with Crippen molar-refractivity contribution < 1.29 is 9.18 Å². The molecule has 126 valence electrons. The maximum atomic E-state index is 13.1. The van der Waals surface area contributed by atoms with Gasteiger partial charge in [0.1, 0.15) is 5.82 Å². The minimum absolute atomic E-state index is 0.0612. The van der Waals surface area contributed by atoms with Gasteiger partial charge in [-0.15, -0.1) is 0 Å². The van der Waals surface area contributed by atoms with Gasteiger partial charge in [-0.05, 0) is 42.5 Å². The Hall–Kier alpha value is -2.20. The Morgan fingerprint density at radius 2 is 1.88 bits per heavy atom. The van der Waals surface area contributed by atoms with Crippen LogP contribution in [0, 0.1) is 5.82 Å². The predicted molar refractivity (Wildman–Crippen MR) is 92.7 cm³/mol. The largest absolute Gasteiger partial charge is 0.336 e. The van der Waals surface area contributed by atoms with Gasteiger partial charge in [-0.2, -0.15) is 0 Å². The molecule has 1 heterocycles. The number of hydrogen-bond acceptors (Lipinski definition) is 2. The number of likely N-dealkylation sites (tertiary alicyclic amines) is 1. The predicted octanol–water partition coefficient (Wildman–Crippen LogP) is 3.97. The summed E-state index contributed by atoms with van der Waals surface area (Å²) in [4.78, 5) is 14.5. The molecule has 1 saturated heterocycles. The zero-order valence-electron chi connectivity index (χ0n) is 13.7. The highest BCUT2D eigenvalue weighted by molar-refractivity contribution is 5.77. The van der Waals surface area contributed by atoms with Crippen LogP contribution in [0.1, 0.15) is 48.9 Å². The fourth-order valence-corrected chi connectivity index (χ4v) is 3.39. The zero-order valence-corrected chi connectivity index (χ0v) is 13.7. The van der Waals surface area contributed by atoms with Crippen LogP contribution >= 0.6 is 0 Å².